The third kappa shape index (κ3) is 9.08. The van der Waals surface area contributed by atoms with Gasteiger partial charge in [0, 0.05) is 12.8 Å². The van der Waals surface area contributed by atoms with Crippen LogP contribution < -0.4 is 5.73 Å². The first-order valence-electron chi connectivity index (χ1n) is 5.08. The molecular formula is C11H19NO2. The quantitative estimate of drug-likeness (QED) is 0.630. The number of nitrogens with two attached hydrogens (primary N) is 1. The highest BCUT2D eigenvalue weighted by molar-refractivity contribution is 5.72. The second-order valence-corrected chi connectivity index (χ2v) is 3.39. The Morgan fingerprint density at radius 3 is 1.86 bits per heavy atom. The van der Waals surface area contributed by atoms with Gasteiger partial charge in [0.05, 0.1) is 0 Å². The molecule has 0 bridgehead atoms. The average molecular weight is 197 g/mol. The van der Waals surface area contributed by atoms with Crippen molar-refractivity contribution >= 4 is 5.97 Å². The summed E-state index contributed by atoms with van der Waals surface area (Å²) in [6.07, 6.45) is 7.73. The summed E-state index contributed by atoms with van der Waals surface area (Å²) in [6.45, 7) is 1.42. The maximum absolute atomic E-state index is 9.57. The van der Waals surface area contributed by atoms with E-state index in [0.29, 0.717) is 0 Å². The molecule has 1 aliphatic rings. The normalized spacial score (nSPS) is 17.3. The number of carboxylic acids is 1. The predicted octanol–water partition coefficient (Wildman–Crippen LogP) is 1.76. The molecule has 1 unspecified atom stereocenters. The van der Waals surface area contributed by atoms with Crippen molar-refractivity contribution in [1.29, 1.82) is 0 Å². The van der Waals surface area contributed by atoms with E-state index >= 15 is 0 Å². The Kier molecular flexibility index (Phi) is 7.96. The Morgan fingerprint density at radius 2 is 1.57 bits per heavy atom. The Bertz CT molecular complexity index is 201. The molecule has 3 nitrogen and oxygen atoms in total. The Hall–Kier alpha value is -1.01. The first-order chi connectivity index (χ1) is 6.64. The fraction of sp³-hybridized carbons (Fsp3) is 0.727. The molecule has 3 heteroatoms. The van der Waals surface area contributed by atoms with Gasteiger partial charge in [0.1, 0.15) is 6.04 Å². The SMILES string of the molecule is C1#CCCCCCC1.CC(N)C(=O)O. The third-order valence-electron chi connectivity index (χ3n) is 1.87. The largest absolute Gasteiger partial charge is 0.480 e. The molecule has 0 aliphatic heterocycles. The van der Waals surface area contributed by atoms with Gasteiger partial charge in [-0.1, -0.05) is 12.8 Å². The molecule has 0 aromatic heterocycles. The van der Waals surface area contributed by atoms with E-state index in [1.165, 1.54) is 32.6 Å². The minimum Gasteiger partial charge on any atom is -0.480 e. The van der Waals surface area contributed by atoms with Crippen molar-refractivity contribution in [2.45, 2.75) is 51.5 Å². The number of carbonyl (C=O) groups is 1. The first kappa shape index (κ1) is 13.0. The number of hydrogen-bond acceptors (Lipinski definition) is 2. The van der Waals surface area contributed by atoms with Crippen molar-refractivity contribution in [3.63, 3.8) is 0 Å². The van der Waals surface area contributed by atoms with Gasteiger partial charge in [0.25, 0.3) is 0 Å². The summed E-state index contributed by atoms with van der Waals surface area (Å²) in [5.41, 5.74) is 4.84. The molecule has 0 aromatic carbocycles. The van der Waals surface area contributed by atoms with Crippen molar-refractivity contribution in [3.05, 3.63) is 0 Å². The molecule has 0 aromatic rings. The van der Waals surface area contributed by atoms with Crippen LogP contribution in [0.25, 0.3) is 0 Å². The second kappa shape index (κ2) is 8.58. The summed E-state index contributed by atoms with van der Waals surface area (Å²) in [7, 11) is 0. The highest BCUT2D eigenvalue weighted by Crippen LogP contribution is 2.06. The number of carboxylic acid groups (broad SMARTS) is 1. The van der Waals surface area contributed by atoms with Crippen LogP contribution in [0.2, 0.25) is 0 Å². The fourth-order valence-corrected chi connectivity index (χ4v) is 0.957. The molecule has 80 valence electrons. The molecule has 1 aliphatic carbocycles. The monoisotopic (exact) mass is 197 g/mol. The van der Waals surface area contributed by atoms with Crippen LogP contribution in [0, 0.1) is 11.8 Å². The lowest BCUT2D eigenvalue weighted by Crippen LogP contribution is -2.25. The van der Waals surface area contributed by atoms with Crippen LogP contribution in [0.3, 0.4) is 0 Å². The van der Waals surface area contributed by atoms with Crippen LogP contribution in [0.5, 0.6) is 0 Å². The molecule has 0 spiro atoms. The maximum Gasteiger partial charge on any atom is 0.320 e. The zero-order valence-electron chi connectivity index (χ0n) is 8.75. The van der Waals surface area contributed by atoms with E-state index in [0.717, 1.165) is 12.8 Å². The highest BCUT2D eigenvalue weighted by atomic mass is 16.4. The van der Waals surface area contributed by atoms with Gasteiger partial charge in [-0.15, -0.1) is 11.8 Å². The molecule has 0 heterocycles. The molecule has 0 fully saturated rings. The molecule has 1 rings (SSSR count). The number of aliphatic carboxylic acids is 1. The van der Waals surface area contributed by atoms with Crippen molar-refractivity contribution in [3.8, 4) is 11.8 Å². The minimum absolute atomic E-state index is 0.731. The van der Waals surface area contributed by atoms with Gasteiger partial charge in [0.15, 0.2) is 0 Å². The smallest absolute Gasteiger partial charge is 0.320 e. The Labute approximate surface area is 85.7 Å². The summed E-state index contributed by atoms with van der Waals surface area (Å²) in [5.74, 6) is 5.31. The summed E-state index contributed by atoms with van der Waals surface area (Å²) >= 11 is 0. The summed E-state index contributed by atoms with van der Waals surface area (Å²) in [6, 6.07) is -0.731. The van der Waals surface area contributed by atoms with E-state index in [9.17, 15) is 4.79 Å². The van der Waals surface area contributed by atoms with Crippen LogP contribution in [0.4, 0.5) is 0 Å². The Morgan fingerprint density at radius 1 is 1.21 bits per heavy atom. The molecule has 1 atom stereocenters. The van der Waals surface area contributed by atoms with E-state index in [1.54, 1.807) is 0 Å². The van der Waals surface area contributed by atoms with Gasteiger partial charge in [-0.05, 0) is 19.8 Å². The van der Waals surface area contributed by atoms with Crippen molar-refractivity contribution in [2.75, 3.05) is 0 Å². The zero-order valence-corrected chi connectivity index (χ0v) is 8.75. The van der Waals surface area contributed by atoms with Crippen molar-refractivity contribution in [1.82, 2.24) is 0 Å². The lowest BCUT2D eigenvalue weighted by atomic mass is 10.1. The highest BCUT2D eigenvalue weighted by Gasteiger charge is 1.99. The zero-order chi connectivity index (χ0) is 10.8. The van der Waals surface area contributed by atoms with Gasteiger partial charge < -0.3 is 10.8 Å². The van der Waals surface area contributed by atoms with Crippen LogP contribution in [-0.2, 0) is 4.79 Å². The van der Waals surface area contributed by atoms with Crippen LogP contribution in [0.1, 0.15) is 45.4 Å². The second-order valence-electron chi connectivity index (χ2n) is 3.39. The van der Waals surface area contributed by atoms with Gasteiger partial charge in [-0.3, -0.25) is 4.79 Å². The van der Waals surface area contributed by atoms with Gasteiger partial charge in [-0.25, -0.2) is 0 Å². The number of hydrogen-bond donors (Lipinski definition) is 2. The van der Waals surface area contributed by atoms with E-state index < -0.39 is 12.0 Å². The molecule has 0 radical (unpaired) electrons. The molecule has 0 saturated carbocycles. The summed E-state index contributed by atoms with van der Waals surface area (Å²) < 4.78 is 0. The fourth-order valence-electron chi connectivity index (χ4n) is 0.957. The van der Waals surface area contributed by atoms with E-state index in [2.05, 4.69) is 11.8 Å². The molecule has 0 amide bonds. The third-order valence-corrected chi connectivity index (χ3v) is 1.87. The van der Waals surface area contributed by atoms with Gasteiger partial charge >= 0.3 is 5.97 Å². The maximum atomic E-state index is 9.57. The van der Waals surface area contributed by atoms with Gasteiger partial charge in [-0.2, -0.15) is 0 Å². The van der Waals surface area contributed by atoms with E-state index in [1.807, 2.05) is 0 Å². The topological polar surface area (TPSA) is 63.3 Å². The Balaban J connectivity index is 0.000000255. The van der Waals surface area contributed by atoms with Gasteiger partial charge in [0.2, 0.25) is 0 Å². The number of rotatable bonds is 1. The molecular weight excluding hydrogens is 178 g/mol. The first-order valence-corrected chi connectivity index (χ1v) is 5.08. The minimum atomic E-state index is -0.963. The van der Waals surface area contributed by atoms with Crippen LogP contribution in [-0.4, -0.2) is 17.1 Å². The summed E-state index contributed by atoms with van der Waals surface area (Å²) in [4.78, 5) is 9.57. The average Bonchev–Trinajstić information content (AvgIpc) is 2.03. The standard InChI is InChI=1S/C8H12.C3H7NO2/c1-2-4-6-8-7-5-3-1;1-2(4)3(5)6/h1-6H2;2H,4H2,1H3,(H,5,6). The van der Waals surface area contributed by atoms with Crippen LogP contribution >= 0.6 is 0 Å². The lowest BCUT2D eigenvalue weighted by molar-refractivity contribution is -0.138. The molecule has 0 saturated heterocycles. The van der Waals surface area contributed by atoms with Crippen molar-refractivity contribution < 1.29 is 9.90 Å². The molecule has 14 heavy (non-hydrogen) atoms. The summed E-state index contributed by atoms with van der Waals surface area (Å²) in [5, 5.41) is 7.87. The van der Waals surface area contributed by atoms with Crippen molar-refractivity contribution in [2.24, 2.45) is 5.73 Å². The predicted molar refractivity (Wildman–Crippen MR) is 56.8 cm³/mol. The van der Waals surface area contributed by atoms with E-state index in [-0.39, 0.29) is 0 Å². The van der Waals surface area contributed by atoms with Crippen LogP contribution in [0.15, 0.2) is 0 Å². The molecule has 3 N–H and O–H groups in total. The van der Waals surface area contributed by atoms with E-state index in [4.69, 9.17) is 10.8 Å². The lowest BCUT2D eigenvalue weighted by Gasteiger charge is -1.97.